The minimum absolute atomic E-state index is 0. The van der Waals surface area contributed by atoms with E-state index in [0.29, 0.717) is 11.3 Å². The summed E-state index contributed by atoms with van der Waals surface area (Å²) in [5.74, 6) is 0.420. The molecule has 2 unspecified atom stereocenters. The van der Waals surface area contributed by atoms with Gasteiger partial charge in [-0.15, -0.1) is 0 Å². The van der Waals surface area contributed by atoms with Gasteiger partial charge in [-0.2, -0.15) is 12.0 Å². The van der Waals surface area contributed by atoms with Crippen LogP contribution in [0.4, 0.5) is 0 Å². The van der Waals surface area contributed by atoms with Crippen LogP contribution in [0.2, 0.25) is 0 Å². The van der Waals surface area contributed by atoms with E-state index in [1.165, 1.54) is 19.3 Å². The molecule has 1 nitrogen and oxygen atoms in total. The monoisotopic (exact) mass is 408 g/mol. The van der Waals surface area contributed by atoms with Crippen LogP contribution in [0, 0.1) is 33.1 Å². The summed E-state index contributed by atoms with van der Waals surface area (Å²) in [6.45, 7) is 12.6. The van der Waals surface area contributed by atoms with Crippen LogP contribution in [-0.4, -0.2) is 6.04 Å². The van der Waals surface area contributed by atoms with Gasteiger partial charge in [0.15, 0.2) is 0 Å². The number of hydrogen-bond acceptors (Lipinski definition) is 0. The molecule has 1 rings (SSSR count). The normalized spacial score (nSPS) is 23.6. The molecular formula is C14H31NPt. The van der Waals surface area contributed by atoms with Gasteiger partial charge < -0.3 is 27.5 Å². The molecule has 2 atom stereocenters. The Hall–Kier alpha value is 0.648. The van der Waals surface area contributed by atoms with E-state index < -0.39 is 0 Å². The molecule has 0 spiro atoms. The van der Waals surface area contributed by atoms with E-state index in [1.54, 1.807) is 0 Å². The third-order valence-electron chi connectivity index (χ3n) is 1.91. The molecule has 0 aromatic carbocycles. The smallest absolute Gasteiger partial charge is 0.677 e. The maximum atomic E-state index is 7.42. The second kappa shape index (κ2) is 12.1. The van der Waals surface area contributed by atoms with Gasteiger partial charge in [0.05, 0.1) is 0 Å². The minimum Gasteiger partial charge on any atom is -0.677 e. The Balaban J connectivity index is -0.0000000818. The summed E-state index contributed by atoms with van der Waals surface area (Å²) in [5.41, 5.74) is 7.92. The molecule has 0 saturated heterocycles. The third kappa shape index (κ3) is 20.1. The summed E-state index contributed by atoms with van der Waals surface area (Å²) in [5, 5.41) is 0. The Morgan fingerprint density at radius 2 is 1.31 bits per heavy atom. The van der Waals surface area contributed by atoms with Gasteiger partial charge in [-0.25, -0.2) is 0 Å². The summed E-state index contributed by atoms with van der Waals surface area (Å²) in [7, 11) is 0. The van der Waals surface area contributed by atoms with E-state index >= 15 is 0 Å². The maximum Gasteiger partial charge on any atom is 4.00 e. The van der Waals surface area contributed by atoms with E-state index in [-0.39, 0.29) is 42.0 Å². The molecule has 0 aromatic rings. The molecule has 0 amide bonds. The van der Waals surface area contributed by atoms with E-state index in [0.717, 1.165) is 6.42 Å². The SMILES string of the molecule is CC(C)(C)C.[CH2-]C1CCCCC1[NH-].[CH3-].[CH3-].[Pt+4]. The molecule has 1 fully saturated rings. The Bertz CT molecular complexity index is 113. The molecule has 0 aliphatic heterocycles. The average molecular weight is 408 g/mol. The van der Waals surface area contributed by atoms with Crippen LogP contribution in [0.1, 0.15) is 53.4 Å². The van der Waals surface area contributed by atoms with E-state index in [1.807, 2.05) is 0 Å². The maximum absolute atomic E-state index is 7.42. The Kier molecular flexibility index (Phi) is 19.3. The fraction of sp³-hybridized carbons (Fsp3) is 0.786. The van der Waals surface area contributed by atoms with Crippen LogP contribution in [0.3, 0.4) is 0 Å². The first-order valence-corrected chi connectivity index (χ1v) is 5.35. The molecule has 0 bridgehead atoms. The van der Waals surface area contributed by atoms with Gasteiger partial charge in [0.2, 0.25) is 0 Å². The van der Waals surface area contributed by atoms with Crippen LogP contribution < -0.4 is 0 Å². The van der Waals surface area contributed by atoms with Crippen LogP contribution in [0.15, 0.2) is 0 Å². The summed E-state index contributed by atoms with van der Waals surface area (Å²) in [6, 6.07) is 0.142. The van der Waals surface area contributed by atoms with Crippen molar-refractivity contribution in [2.75, 3.05) is 0 Å². The number of hydrogen-bond donors (Lipinski definition) is 0. The van der Waals surface area contributed by atoms with Crippen molar-refractivity contribution in [2.24, 2.45) is 11.3 Å². The second-order valence-electron chi connectivity index (χ2n) is 5.65. The fourth-order valence-electron chi connectivity index (χ4n) is 1.21. The quantitative estimate of drug-likeness (QED) is 0.481. The van der Waals surface area contributed by atoms with Gasteiger partial charge in [0.1, 0.15) is 0 Å². The van der Waals surface area contributed by atoms with Gasteiger partial charge in [-0.1, -0.05) is 53.4 Å². The van der Waals surface area contributed by atoms with E-state index in [9.17, 15) is 0 Å². The van der Waals surface area contributed by atoms with Gasteiger partial charge in [0, 0.05) is 0 Å². The molecule has 0 heterocycles. The molecular weight excluding hydrogens is 377 g/mol. The molecule has 0 radical (unpaired) electrons. The van der Waals surface area contributed by atoms with E-state index in [2.05, 4.69) is 34.6 Å². The Morgan fingerprint density at radius 3 is 1.50 bits per heavy atom. The predicted molar refractivity (Wildman–Crippen MR) is 73.4 cm³/mol. The third-order valence-corrected chi connectivity index (χ3v) is 1.91. The number of nitrogens with one attached hydrogen (secondary N) is 1. The zero-order chi connectivity index (χ0) is 10.5. The zero-order valence-electron chi connectivity index (χ0n) is 12.0. The van der Waals surface area contributed by atoms with Crippen LogP contribution >= 0.6 is 0 Å². The molecule has 0 aromatic heterocycles. The first-order valence-electron chi connectivity index (χ1n) is 5.35. The molecule has 1 aliphatic rings. The largest absolute Gasteiger partial charge is 4.00 e. The van der Waals surface area contributed by atoms with Gasteiger partial charge in [0.25, 0.3) is 0 Å². The minimum atomic E-state index is 0. The predicted octanol–water partition coefficient (Wildman–Crippen LogP) is 5.38. The molecule has 1 N–H and O–H groups in total. The van der Waals surface area contributed by atoms with Crippen molar-refractivity contribution in [3.05, 3.63) is 27.5 Å². The first-order chi connectivity index (χ1) is 5.80. The molecule has 1 saturated carbocycles. The van der Waals surface area contributed by atoms with Crippen molar-refractivity contribution in [2.45, 2.75) is 59.4 Å². The van der Waals surface area contributed by atoms with Crippen LogP contribution in [0.25, 0.3) is 5.73 Å². The Labute approximate surface area is 119 Å². The fourth-order valence-corrected chi connectivity index (χ4v) is 1.21. The Morgan fingerprint density at radius 1 is 1.00 bits per heavy atom. The average Bonchev–Trinajstić information content (AvgIpc) is 1.92. The molecule has 102 valence electrons. The standard InChI is InChI=1S/C7H13N.C5H12.2CH3.Pt/c1-6-4-2-3-5-7(6)8;1-5(2,3)4;;;/h6-8H,1-5H2;1-4H3;2*1H3;/q-2;;2*-1;+4. The van der Waals surface area contributed by atoms with Gasteiger partial charge in [-0.05, 0) is 5.41 Å². The summed E-state index contributed by atoms with van der Waals surface area (Å²) < 4.78 is 0. The van der Waals surface area contributed by atoms with Crippen molar-refractivity contribution in [1.29, 1.82) is 0 Å². The van der Waals surface area contributed by atoms with Crippen molar-refractivity contribution < 1.29 is 21.1 Å². The van der Waals surface area contributed by atoms with Gasteiger partial charge in [-0.3, -0.25) is 0 Å². The van der Waals surface area contributed by atoms with Gasteiger partial charge >= 0.3 is 21.1 Å². The zero-order valence-corrected chi connectivity index (χ0v) is 14.3. The topological polar surface area (TPSA) is 23.8 Å². The second-order valence-corrected chi connectivity index (χ2v) is 5.65. The molecule has 16 heavy (non-hydrogen) atoms. The molecule has 2 heteroatoms. The van der Waals surface area contributed by atoms with Crippen LogP contribution in [-0.2, 0) is 21.1 Å². The van der Waals surface area contributed by atoms with Crippen LogP contribution in [0.5, 0.6) is 0 Å². The van der Waals surface area contributed by atoms with Crippen molar-refractivity contribution in [3.63, 3.8) is 0 Å². The summed E-state index contributed by atoms with van der Waals surface area (Å²) in [6.07, 6.45) is 4.80. The van der Waals surface area contributed by atoms with Crippen molar-refractivity contribution in [1.82, 2.24) is 0 Å². The first kappa shape index (κ1) is 25.5. The van der Waals surface area contributed by atoms with E-state index in [4.69, 9.17) is 5.73 Å². The van der Waals surface area contributed by atoms with Crippen molar-refractivity contribution in [3.8, 4) is 0 Å². The summed E-state index contributed by atoms with van der Waals surface area (Å²) in [4.78, 5) is 0. The molecule has 1 aliphatic carbocycles. The summed E-state index contributed by atoms with van der Waals surface area (Å²) >= 11 is 0. The van der Waals surface area contributed by atoms with Crippen molar-refractivity contribution >= 4 is 0 Å². The number of rotatable bonds is 0.